The maximum Gasteiger partial charge on any atom is 0.277 e. The van der Waals surface area contributed by atoms with Gasteiger partial charge in [0.1, 0.15) is 0 Å². The molecule has 1 fully saturated rings. The highest BCUT2D eigenvalue weighted by Gasteiger charge is 2.23. The summed E-state index contributed by atoms with van der Waals surface area (Å²) >= 11 is 5.15. The molecule has 0 bridgehead atoms. The third-order valence-electron chi connectivity index (χ3n) is 5.06. The molecule has 0 spiro atoms. The molecular weight excluding hydrogens is 557 g/mol. The van der Waals surface area contributed by atoms with Crippen LogP contribution >= 0.6 is 38.5 Å². The number of hydroxylamine groups is 1. The van der Waals surface area contributed by atoms with E-state index in [2.05, 4.69) is 49.3 Å². The largest absolute Gasteiger partial charge is 0.352 e. The van der Waals surface area contributed by atoms with Gasteiger partial charge in [-0.3, -0.25) is 9.63 Å². The van der Waals surface area contributed by atoms with Gasteiger partial charge >= 0.3 is 0 Å². The lowest BCUT2D eigenvalue weighted by molar-refractivity contribution is 0.0107. The Kier molecular flexibility index (Phi) is 7.86. The van der Waals surface area contributed by atoms with Crippen LogP contribution in [-0.2, 0) is 4.84 Å². The topological polar surface area (TPSA) is 50.4 Å². The summed E-state index contributed by atoms with van der Waals surface area (Å²) in [6.45, 7) is 2.26. The first-order chi connectivity index (χ1) is 13.9. The molecule has 0 aliphatic heterocycles. The van der Waals surface area contributed by atoms with Crippen LogP contribution in [0.3, 0.4) is 0 Å². The Morgan fingerprint density at radius 3 is 2.62 bits per heavy atom. The summed E-state index contributed by atoms with van der Waals surface area (Å²) in [6.07, 6.45) is 5.72. The van der Waals surface area contributed by atoms with Crippen molar-refractivity contribution in [2.24, 2.45) is 5.92 Å². The zero-order valence-electron chi connectivity index (χ0n) is 16.0. The van der Waals surface area contributed by atoms with E-state index >= 15 is 0 Å². The molecule has 0 heterocycles. The Morgan fingerprint density at radius 2 is 1.93 bits per heavy atom. The first-order valence-corrected chi connectivity index (χ1v) is 11.4. The Morgan fingerprint density at radius 1 is 1.21 bits per heavy atom. The number of nitrogens with one attached hydrogen (secondary N) is 2. The van der Waals surface area contributed by atoms with Crippen LogP contribution in [0, 0.1) is 28.0 Å². The number of hydrogen-bond acceptors (Lipinski definition) is 3. The van der Waals surface area contributed by atoms with E-state index in [1.165, 1.54) is 25.3 Å². The maximum atomic E-state index is 14.7. The Hall–Kier alpha value is -1.26. The average Bonchev–Trinajstić information content (AvgIpc) is 2.70. The molecule has 29 heavy (non-hydrogen) atoms. The number of rotatable bonds is 6. The van der Waals surface area contributed by atoms with Crippen LogP contribution in [0.5, 0.6) is 0 Å². The smallest absolute Gasteiger partial charge is 0.277 e. The molecule has 2 N–H and O–H groups in total. The number of hydrogen-bond donors (Lipinski definition) is 2. The van der Waals surface area contributed by atoms with E-state index in [1.807, 2.05) is 19.1 Å². The van der Waals surface area contributed by atoms with Gasteiger partial charge in [-0.15, -0.1) is 0 Å². The van der Waals surface area contributed by atoms with Crippen LogP contribution in [0.25, 0.3) is 0 Å². The van der Waals surface area contributed by atoms with Gasteiger partial charge in [-0.25, -0.2) is 14.3 Å². The van der Waals surface area contributed by atoms with Gasteiger partial charge in [-0.1, -0.05) is 19.3 Å². The third-order valence-corrected chi connectivity index (χ3v) is 6.31. The predicted molar refractivity (Wildman–Crippen MR) is 121 cm³/mol. The van der Waals surface area contributed by atoms with Crippen molar-refractivity contribution in [1.29, 1.82) is 0 Å². The zero-order valence-corrected chi connectivity index (χ0v) is 19.7. The lowest BCUT2D eigenvalue weighted by Gasteiger charge is -2.21. The molecule has 4 nitrogen and oxygen atoms in total. The lowest BCUT2D eigenvalue weighted by Crippen LogP contribution is -2.28. The second kappa shape index (κ2) is 10.2. The highest BCUT2D eigenvalue weighted by atomic mass is 127. The zero-order chi connectivity index (χ0) is 21.0. The number of halogens is 4. The van der Waals surface area contributed by atoms with E-state index in [-0.39, 0.29) is 15.7 Å². The molecule has 0 saturated heterocycles. The van der Waals surface area contributed by atoms with Gasteiger partial charge in [-0.05, 0) is 94.0 Å². The molecule has 3 rings (SSSR count). The van der Waals surface area contributed by atoms with Crippen LogP contribution in [-0.4, -0.2) is 12.5 Å². The fraction of sp³-hybridized carbons (Fsp3) is 0.381. The van der Waals surface area contributed by atoms with Crippen molar-refractivity contribution >= 4 is 55.8 Å². The van der Waals surface area contributed by atoms with Gasteiger partial charge in [0.25, 0.3) is 5.91 Å². The van der Waals surface area contributed by atoms with Gasteiger partial charge in [0.2, 0.25) is 0 Å². The second-order valence-electron chi connectivity index (χ2n) is 7.24. The highest BCUT2D eigenvalue weighted by molar-refractivity contribution is 14.1. The molecule has 0 aromatic heterocycles. The number of aryl methyl sites for hydroxylation is 1. The first-order valence-electron chi connectivity index (χ1n) is 9.49. The standard InChI is InChI=1S/C21H22BrF2IN2O2/c1-12-9-14(25)7-8-17(12)26-20-15(10-16(22)18(23)19(20)24)21(28)27-29-11-13-5-3-2-4-6-13/h7-10,13,26H,2-6,11H2,1H3,(H,27,28). The van der Waals surface area contributed by atoms with Crippen LogP contribution in [0.2, 0.25) is 0 Å². The van der Waals surface area contributed by atoms with Gasteiger partial charge in [0, 0.05) is 9.26 Å². The Balaban J connectivity index is 1.80. The van der Waals surface area contributed by atoms with Crippen molar-refractivity contribution in [3.63, 3.8) is 0 Å². The third kappa shape index (κ3) is 5.67. The SMILES string of the molecule is Cc1cc(I)ccc1Nc1c(C(=O)NOCC2CCCCC2)cc(Br)c(F)c1F. The maximum absolute atomic E-state index is 14.7. The van der Waals surface area contributed by atoms with Crippen LogP contribution in [0.4, 0.5) is 20.2 Å². The van der Waals surface area contributed by atoms with E-state index < -0.39 is 17.5 Å². The molecule has 1 saturated carbocycles. The van der Waals surface area contributed by atoms with Crippen LogP contribution < -0.4 is 10.8 Å². The molecule has 156 valence electrons. The van der Waals surface area contributed by atoms with Gasteiger partial charge in [-0.2, -0.15) is 0 Å². The first kappa shape index (κ1) is 22.4. The summed E-state index contributed by atoms with van der Waals surface area (Å²) in [5.41, 5.74) is 3.54. The lowest BCUT2D eigenvalue weighted by atomic mass is 9.90. The highest BCUT2D eigenvalue weighted by Crippen LogP contribution is 2.32. The van der Waals surface area contributed by atoms with Crippen molar-refractivity contribution in [2.75, 3.05) is 11.9 Å². The Labute approximate surface area is 191 Å². The second-order valence-corrected chi connectivity index (χ2v) is 9.34. The summed E-state index contributed by atoms with van der Waals surface area (Å²) in [4.78, 5) is 18.0. The molecule has 0 atom stereocenters. The molecule has 2 aromatic carbocycles. The van der Waals surface area contributed by atoms with Gasteiger partial charge < -0.3 is 5.32 Å². The minimum absolute atomic E-state index is 0.0441. The quantitative estimate of drug-likeness (QED) is 0.230. The van der Waals surface area contributed by atoms with Gasteiger partial charge in [0.05, 0.1) is 22.3 Å². The summed E-state index contributed by atoms with van der Waals surface area (Å²) in [5.74, 6) is -2.41. The Bertz CT molecular complexity index is 905. The summed E-state index contributed by atoms with van der Waals surface area (Å²) < 4.78 is 29.8. The molecule has 1 aliphatic rings. The molecular formula is C21H22BrF2IN2O2. The number of anilines is 2. The number of carbonyl (C=O) groups excluding carboxylic acids is 1. The monoisotopic (exact) mass is 578 g/mol. The minimum atomic E-state index is -1.13. The van der Waals surface area contributed by atoms with E-state index in [1.54, 1.807) is 6.07 Å². The van der Waals surface area contributed by atoms with Crippen LogP contribution in [0.15, 0.2) is 28.7 Å². The fourth-order valence-corrected chi connectivity index (χ4v) is 4.48. The van der Waals surface area contributed by atoms with Crippen molar-refractivity contribution < 1.29 is 18.4 Å². The summed E-state index contributed by atoms with van der Waals surface area (Å²) in [7, 11) is 0. The molecule has 2 aromatic rings. The average molecular weight is 579 g/mol. The summed E-state index contributed by atoms with van der Waals surface area (Å²) in [5, 5.41) is 2.87. The minimum Gasteiger partial charge on any atom is -0.352 e. The van der Waals surface area contributed by atoms with E-state index in [4.69, 9.17) is 4.84 Å². The number of amides is 1. The predicted octanol–water partition coefficient (Wildman–Crippen LogP) is 6.63. The number of benzene rings is 2. The molecule has 1 amide bonds. The fourth-order valence-electron chi connectivity index (χ4n) is 3.43. The molecule has 0 unspecified atom stereocenters. The summed E-state index contributed by atoms with van der Waals surface area (Å²) in [6, 6.07) is 6.76. The van der Waals surface area contributed by atoms with Crippen molar-refractivity contribution in [1.82, 2.24) is 5.48 Å². The molecule has 8 heteroatoms. The van der Waals surface area contributed by atoms with E-state index in [9.17, 15) is 13.6 Å². The van der Waals surface area contributed by atoms with Gasteiger partial charge in [0.15, 0.2) is 11.6 Å². The molecule has 1 aliphatic carbocycles. The van der Waals surface area contributed by atoms with Crippen LogP contribution in [0.1, 0.15) is 48.0 Å². The van der Waals surface area contributed by atoms with E-state index in [0.717, 1.165) is 22.0 Å². The van der Waals surface area contributed by atoms with E-state index in [0.29, 0.717) is 18.2 Å². The van der Waals surface area contributed by atoms with Crippen molar-refractivity contribution in [2.45, 2.75) is 39.0 Å². The normalized spacial score (nSPS) is 14.7. The van der Waals surface area contributed by atoms with Crippen molar-refractivity contribution in [3.8, 4) is 0 Å². The molecule has 0 radical (unpaired) electrons. The van der Waals surface area contributed by atoms with Crippen molar-refractivity contribution in [3.05, 3.63) is 55.1 Å². The number of carbonyl (C=O) groups is 1.